The molecule has 0 radical (unpaired) electrons. The number of carbonyl (C=O) groups is 1. The molecule has 0 saturated carbocycles. The fourth-order valence-corrected chi connectivity index (χ4v) is 2.17. The van der Waals surface area contributed by atoms with Gasteiger partial charge in [-0.2, -0.15) is 0 Å². The van der Waals surface area contributed by atoms with E-state index in [9.17, 15) is 9.90 Å². The van der Waals surface area contributed by atoms with Gasteiger partial charge in [0.1, 0.15) is 0 Å². The van der Waals surface area contributed by atoms with Gasteiger partial charge in [-0.25, -0.2) is 0 Å². The van der Waals surface area contributed by atoms with Crippen LogP contribution >= 0.6 is 23.2 Å². The molecule has 106 valence electrons. The number of ether oxygens (including phenoxy) is 1. The maximum atomic E-state index is 11.9. The van der Waals surface area contributed by atoms with Crippen molar-refractivity contribution in [2.24, 2.45) is 0 Å². The van der Waals surface area contributed by atoms with Gasteiger partial charge in [-0.3, -0.25) is 4.79 Å². The summed E-state index contributed by atoms with van der Waals surface area (Å²) in [6, 6.07) is 4.42. The molecule has 6 heteroatoms. The van der Waals surface area contributed by atoms with Gasteiger partial charge in [0.05, 0.1) is 12.6 Å². The SMILES string of the molecule is CCC(COC)NC(=O)C(O)c1cc(Cl)cc(Cl)c1. The van der Waals surface area contributed by atoms with E-state index in [-0.39, 0.29) is 6.04 Å². The molecule has 0 saturated heterocycles. The maximum Gasteiger partial charge on any atom is 0.253 e. The summed E-state index contributed by atoms with van der Waals surface area (Å²) in [5.41, 5.74) is 0.363. The minimum atomic E-state index is -1.30. The lowest BCUT2D eigenvalue weighted by molar-refractivity contribution is -0.130. The highest BCUT2D eigenvalue weighted by Crippen LogP contribution is 2.23. The molecule has 0 aliphatic heterocycles. The molecule has 2 atom stereocenters. The topological polar surface area (TPSA) is 58.6 Å². The molecule has 19 heavy (non-hydrogen) atoms. The van der Waals surface area contributed by atoms with Gasteiger partial charge in [-0.15, -0.1) is 0 Å². The van der Waals surface area contributed by atoms with E-state index in [1.807, 2.05) is 6.92 Å². The van der Waals surface area contributed by atoms with Gasteiger partial charge in [0.25, 0.3) is 5.91 Å². The van der Waals surface area contributed by atoms with Crippen molar-refractivity contribution in [3.63, 3.8) is 0 Å². The molecule has 1 amide bonds. The summed E-state index contributed by atoms with van der Waals surface area (Å²) in [5, 5.41) is 13.4. The molecular weight excluding hydrogens is 289 g/mol. The van der Waals surface area contributed by atoms with Gasteiger partial charge < -0.3 is 15.2 Å². The Kier molecular flexibility index (Phi) is 6.58. The van der Waals surface area contributed by atoms with Gasteiger partial charge in [0, 0.05) is 17.2 Å². The van der Waals surface area contributed by atoms with Gasteiger partial charge in [0.2, 0.25) is 0 Å². The van der Waals surface area contributed by atoms with Crippen LogP contribution in [0.3, 0.4) is 0 Å². The van der Waals surface area contributed by atoms with Crippen LogP contribution in [0.1, 0.15) is 25.0 Å². The van der Waals surface area contributed by atoms with Crippen molar-refractivity contribution in [2.75, 3.05) is 13.7 Å². The fraction of sp³-hybridized carbons (Fsp3) is 0.462. The number of benzene rings is 1. The summed E-state index contributed by atoms with van der Waals surface area (Å²) in [5.74, 6) is -0.498. The summed E-state index contributed by atoms with van der Waals surface area (Å²) >= 11 is 11.7. The number of aliphatic hydroxyl groups excluding tert-OH is 1. The summed E-state index contributed by atoms with van der Waals surface area (Å²) in [6.45, 7) is 2.32. The van der Waals surface area contributed by atoms with Gasteiger partial charge >= 0.3 is 0 Å². The molecule has 0 aliphatic carbocycles. The van der Waals surface area contributed by atoms with Gasteiger partial charge in [-0.1, -0.05) is 30.1 Å². The van der Waals surface area contributed by atoms with Crippen LogP contribution in [0.4, 0.5) is 0 Å². The number of hydrogen-bond donors (Lipinski definition) is 2. The zero-order valence-corrected chi connectivity index (χ0v) is 12.3. The van der Waals surface area contributed by atoms with Crippen molar-refractivity contribution in [1.82, 2.24) is 5.32 Å². The van der Waals surface area contributed by atoms with Crippen molar-refractivity contribution in [3.05, 3.63) is 33.8 Å². The van der Waals surface area contributed by atoms with E-state index in [2.05, 4.69) is 5.32 Å². The van der Waals surface area contributed by atoms with Gasteiger partial charge in [-0.05, 0) is 30.2 Å². The lowest BCUT2D eigenvalue weighted by Gasteiger charge is -2.19. The average Bonchev–Trinajstić information content (AvgIpc) is 2.35. The lowest BCUT2D eigenvalue weighted by Crippen LogP contribution is -2.40. The standard InChI is InChI=1S/C13H17Cl2NO3/c1-3-11(7-19-2)16-13(18)12(17)8-4-9(14)6-10(15)5-8/h4-6,11-12,17H,3,7H2,1-2H3,(H,16,18). The van der Waals surface area contributed by atoms with Crippen LogP contribution in [0.2, 0.25) is 10.0 Å². The molecule has 0 heterocycles. The first-order valence-corrected chi connectivity index (χ1v) is 6.66. The second-order valence-corrected chi connectivity index (χ2v) is 5.05. The van der Waals surface area contributed by atoms with Crippen molar-refractivity contribution >= 4 is 29.1 Å². The number of methoxy groups -OCH3 is 1. The van der Waals surface area contributed by atoms with Crippen LogP contribution in [0.15, 0.2) is 18.2 Å². The van der Waals surface area contributed by atoms with Crippen LogP contribution in [0.25, 0.3) is 0 Å². The number of amides is 1. The Morgan fingerprint density at radius 3 is 2.42 bits per heavy atom. The van der Waals surface area contributed by atoms with Crippen LogP contribution in [-0.4, -0.2) is 30.8 Å². The minimum Gasteiger partial charge on any atom is -0.383 e. The normalized spacial score (nSPS) is 13.9. The van der Waals surface area contributed by atoms with E-state index in [0.717, 1.165) is 0 Å². The molecule has 2 N–H and O–H groups in total. The second kappa shape index (κ2) is 7.70. The molecule has 0 bridgehead atoms. The van der Waals surface area contributed by atoms with E-state index >= 15 is 0 Å². The third-order valence-corrected chi connectivity index (χ3v) is 3.09. The van der Waals surface area contributed by atoms with Crippen LogP contribution in [0, 0.1) is 0 Å². The molecule has 1 aromatic carbocycles. The van der Waals surface area contributed by atoms with Crippen molar-refractivity contribution in [3.8, 4) is 0 Å². The molecule has 1 aromatic rings. The van der Waals surface area contributed by atoms with Crippen molar-refractivity contribution in [1.29, 1.82) is 0 Å². The zero-order valence-electron chi connectivity index (χ0n) is 10.8. The Morgan fingerprint density at radius 2 is 1.95 bits per heavy atom. The molecule has 0 fully saturated rings. The third-order valence-electron chi connectivity index (χ3n) is 2.66. The molecule has 2 unspecified atom stereocenters. The van der Waals surface area contributed by atoms with Crippen molar-refractivity contribution < 1.29 is 14.6 Å². The molecule has 0 spiro atoms. The summed E-state index contributed by atoms with van der Waals surface area (Å²) in [7, 11) is 1.56. The molecule has 1 rings (SSSR count). The molecule has 0 aromatic heterocycles. The number of halogens is 2. The van der Waals surface area contributed by atoms with Crippen LogP contribution < -0.4 is 5.32 Å². The number of hydrogen-bond acceptors (Lipinski definition) is 3. The quantitative estimate of drug-likeness (QED) is 0.849. The largest absolute Gasteiger partial charge is 0.383 e. The first-order chi connectivity index (χ1) is 8.97. The number of rotatable bonds is 6. The number of aliphatic hydroxyl groups is 1. The smallest absolute Gasteiger partial charge is 0.253 e. The summed E-state index contributed by atoms with van der Waals surface area (Å²) in [4.78, 5) is 11.9. The summed E-state index contributed by atoms with van der Waals surface area (Å²) in [6.07, 6.45) is -0.593. The summed E-state index contributed by atoms with van der Waals surface area (Å²) < 4.78 is 4.98. The van der Waals surface area contributed by atoms with Gasteiger partial charge in [0.15, 0.2) is 6.10 Å². The monoisotopic (exact) mass is 305 g/mol. The molecular formula is C13H17Cl2NO3. The highest BCUT2D eigenvalue weighted by Gasteiger charge is 2.20. The van der Waals surface area contributed by atoms with E-state index in [4.69, 9.17) is 27.9 Å². The lowest BCUT2D eigenvalue weighted by atomic mass is 10.1. The molecule has 4 nitrogen and oxygen atoms in total. The Hall–Kier alpha value is -0.810. The number of carbonyl (C=O) groups excluding carboxylic acids is 1. The zero-order chi connectivity index (χ0) is 14.4. The number of nitrogens with one attached hydrogen (secondary N) is 1. The minimum absolute atomic E-state index is 0.137. The van der Waals surface area contributed by atoms with E-state index in [0.29, 0.717) is 28.6 Å². The average molecular weight is 306 g/mol. The third kappa shape index (κ3) is 4.99. The van der Waals surface area contributed by atoms with E-state index < -0.39 is 12.0 Å². The Labute approximate surface area is 122 Å². The van der Waals surface area contributed by atoms with Crippen molar-refractivity contribution in [2.45, 2.75) is 25.5 Å². The van der Waals surface area contributed by atoms with E-state index in [1.54, 1.807) is 7.11 Å². The van der Waals surface area contributed by atoms with Crippen LogP contribution in [-0.2, 0) is 9.53 Å². The maximum absolute atomic E-state index is 11.9. The Balaban J connectivity index is 2.75. The highest BCUT2D eigenvalue weighted by molar-refractivity contribution is 6.34. The molecule has 0 aliphatic rings. The first kappa shape index (κ1) is 16.2. The predicted octanol–water partition coefficient (Wildman–Crippen LogP) is 2.57. The van der Waals surface area contributed by atoms with Crippen LogP contribution in [0.5, 0.6) is 0 Å². The highest BCUT2D eigenvalue weighted by atomic mass is 35.5. The Morgan fingerprint density at radius 1 is 1.37 bits per heavy atom. The fourth-order valence-electron chi connectivity index (χ4n) is 1.63. The second-order valence-electron chi connectivity index (χ2n) is 4.17. The predicted molar refractivity (Wildman–Crippen MR) is 75.5 cm³/mol. The Bertz CT molecular complexity index is 420. The van der Waals surface area contributed by atoms with E-state index in [1.165, 1.54) is 18.2 Å². The first-order valence-electron chi connectivity index (χ1n) is 5.91.